The molecule has 1 fully saturated rings. The number of carbonyl (C=O) groups is 1. The van der Waals surface area contributed by atoms with Crippen LogP contribution in [0.4, 0.5) is 13.2 Å². The number of rotatable bonds is 4. The minimum Gasteiger partial charge on any atom is -0.461 e. The molecule has 0 spiro atoms. The standard InChI is InChI=1S/C18H19F3N2O3/c1-2-25-17(24)15-10-26-16(23-15)14-9-12(18(19,20)21)3-4-13(14)11-5-7-22-8-6-11/h3-4,9-11,22H,2,5-8H2,1H3. The first kappa shape index (κ1) is 18.4. The largest absolute Gasteiger partial charge is 0.461 e. The molecule has 0 atom stereocenters. The number of benzene rings is 1. The van der Waals surface area contributed by atoms with Crippen molar-refractivity contribution < 1.29 is 27.1 Å². The van der Waals surface area contributed by atoms with E-state index in [1.807, 2.05) is 0 Å². The Hall–Kier alpha value is -2.35. The van der Waals surface area contributed by atoms with Crippen LogP contribution in [-0.4, -0.2) is 30.6 Å². The smallest absolute Gasteiger partial charge is 0.416 e. The Morgan fingerprint density at radius 3 is 2.73 bits per heavy atom. The molecule has 1 aromatic carbocycles. The number of nitrogens with one attached hydrogen (secondary N) is 1. The van der Waals surface area contributed by atoms with Crippen LogP contribution in [0.25, 0.3) is 11.5 Å². The Kier molecular flexibility index (Phi) is 5.31. The van der Waals surface area contributed by atoms with Crippen LogP contribution in [0.2, 0.25) is 0 Å². The van der Waals surface area contributed by atoms with Crippen LogP contribution >= 0.6 is 0 Å². The minimum atomic E-state index is -4.47. The molecule has 0 bridgehead atoms. The quantitative estimate of drug-likeness (QED) is 0.827. The van der Waals surface area contributed by atoms with Gasteiger partial charge in [-0.3, -0.25) is 0 Å². The van der Waals surface area contributed by atoms with Crippen LogP contribution in [0.3, 0.4) is 0 Å². The van der Waals surface area contributed by atoms with Crippen LogP contribution in [0.1, 0.15) is 47.3 Å². The molecule has 8 heteroatoms. The van der Waals surface area contributed by atoms with E-state index in [4.69, 9.17) is 9.15 Å². The number of carbonyl (C=O) groups excluding carboxylic acids is 1. The zero-order valence-electron chi connectivity index (χ0n) is 14.2. The van der Waals surface area contributed by atoms with Gasteiger partial charge in [-0.1, -0.05) is 6.07 Å². The molecule has 3 rings (SSSR count). The molecule has 2 heterocycles. The molecule has 2 aromatic rings. The Balaban J connectivity index is 2.03. The van der Waals surface area contributed by atoms with Gasteiger partial charge in [0.2, 0.25) is 5.89 Å². The Bertz CT molecular complexity index is 780. The first-order valence-electron chi connectivity index (χ1n) is 8.45. The summed E-state index contributed by atoms with van der Waals surface area (Å²) in [6.07, 6.45) is -1.74. The van der Waals surface area contributed by atoms with Crippen LogP contribution in [-0.2, 0) is 10.9 Å². The zero-order chi connectivity index (χ0) is 18.7. The van der Waals surface area contributed by atoms with E-state index < -0.39 is 17.7 Å². The van der Waals surface area contributed by atoms with Crippen molar-refractivity contribution in [3.05, 3.63) is 41.3 Å². The van der Waals surface area contributed by atoms with E-state index in [1.165, 1.54) is 6.07 Å². The maximum Gasteiger partial charge on any atom is 0.416 e. The Morgan fingerprint density at radius 1 is 1.35 bits per heavy atom. The van der Waals surface area contributed by atoms with Crippen molar-refractivity contribution in [3.63, 3.8) is 0 Å². The number of esters is 1. The van der Waals surface area contributed by atoms with Gasteiger partial charge in [-0.15, -0.1) is 0 Å². The minimum absolute atomic E-state index is 0.00677. The fourth-order valence-electron chi connectivity index (χ4n) is 3.10. The maximum atomic E-state index is 13.2. The van der Waals surface area contributed by atoms with E-state index in [1.54, 1.807) is 6.92 Å². The average Bonchev–Trinajstić information content (AvgIpc) is 3.11. The predicted octanol–water partition coefficient (Wildman–Crippen LogP) is 4.00. The molecule has 0 aliphatic carbocycles. The van der Waals surface area contributed by atoms with Crippen molar-refractivity contribution in [2.24, 2.45) is 0 Å². The molecule has 1 aliphatic heterocycles. The van der Waals surface area contributed by atoms with Gasteiger partial charge >= 0.3 is 12.1 Å². The number of piperidine rings is 1. The lowest BCUT2D eigenvalue weighted by Crippen LogP contribution is -2.27. The molecular weight excluding hydrogens is 349 g/mol. The van der Waals surface area contributed by atoms with Gasteiger partial charge in [-0.05, 0) is 56.5 Å². The highest BCUT2D eigenvalue weighted by molar-refractivity contribution is 5.87. The van der Waals surface area contributed by atoms with Crippen molar-refractivity contribution in [2.45, 2.75) is 31.9 Å². The van der Waals surface area contributed by atoms with Gasteiger partial charge in [-0.2, -0.15) is 13.2 Å². The lowest BCUT2D eigenvalue weighted by molar-refractivity contribution is -0.137. The molecule has 0 unspecified atom stereocenters. The summed E-state index contributed by atoms with van der Waals surface area (Å²) in [4.78, 5) is 15.8. The molecule has 1 N–H and O–H groups in total. The second-order valence-corrected chi connectivity index (χ2v) is 6.08. The monoisotopic (exact) mass is 368 g/mol. The van der Waals surface area contributed by atoms with Gasteiger partial charge in [0.25, 0.3) is 0 Å². The van der Waals surface area contributed by atoms with Crippen LogP contribution < -0.4 is 5.32 Å². The highest BCUT2D eigenvalue weighted by Gasteiger charge is 2.33. The molecule has 26 heavy (non-hydrogen) atoms. The van der Waals surface area contributed by atoms with Crippen LogP contribution in [0.15, 0.2) is 28.9 Å². The summed E-state index contributed by atoms with van der Waals surface area (Å²) in [7, 11) is 0. The Labute approximate surface area is 148 Å². The van der Waals surface area contributed by atoms with Gasteiger partial charge in [0, 0.05) is 5.56 Å². The first-order chi connectivity index (χ1) is 12.4. The van der Waals surface area contributed by atoms with E-state index in [0.717, 1.165) is 49.9 Å². The highest BCUT2D eigenvalue weighted by Crippen LogP contribution is 2.38. The number of oxazole rings is 1. The van der Waals surface area contributed by atoms with E-state index in [-0.39, 0.29) is 29.7 Å². The summed E-state index contributed by atoms with van der Waals surface area (Å²) < 4.78 is 49.6. The van der Waals surface area contributed by atoms with Crippen molar-refractivity contribution in [1.29, 1.82) is 0 Å². The fraction of sp³-hybridized carbons (Fsp3) is 0.444. The third kappa shape index (κ3) is 3.90. The van der Waals surface area contributed by atoms with Crippen molar-refractivity contribution >= 4 is 5.97 Å². The SMILES string of the molecule is CCOC(=O)c1coc(-c2cc(C(F)(F)F)ccc2C2CCNCC2)n1. The van der Waals surface area contributed by atoms with E-state index >= 15 is 0 Å². The number of aromatic nitrogens is 1. The van der Waals surface area contributed by atoms with Crippen molar-refractivity contribution in [1.82, 2.24) is 10.3 Å². The second-order valence-electron chi connectivity index (χ2n) is 6.08. The van der Waals surface area contributed by atoms with Gasteiger partial charge < -0.3 is 14.5 Å². The molecule has 140 valence electrons. The summed E-state index contributed by atoms with van der Waals surface area (Å²) in [5.74, 6) is -0.572. The van der Waals surface area contributed by atoms with Gasteiger partial charge in [0.05, 0.1) is 12.2 Å². The molecule has 0 amide bonds. The first-order valence-corrected chi connectivity index (χ1v) is 8.45. The molecule has 1 aromatic heterocycles. The van der Waals surface area contributed by atoms with E-state index in [9.17, 15) is 18.0 Å². The molecule has 1 aliphatic rings. The van der Waals surface area contributed by atoms with Crippen LogP contribution in [0.5, 0.6) is 0 Å². The molecular formula is C18H19F3N2O3. The number of nitrogens with zero attached hydrogens (tertiary/aromatic N) is 1. The molecule has 0 saturated carbocycles. The van der Waals surface area contributed by atoms with E-state index in [2.05, 4.69) is 10.3 Å². The number of hydrogen-bond acceptors (Lipinski definition) is 5. The van der Waals surface area contributed by atoms with Crippen molar-refractivity contribution in [2.75, 3.05) is 19.7 Å². The topological polar surface area (TPSA) is 64.4 Å². The highest BCUT2D eigenvalue weighted by atomic mass is 19.4. The third-order valence-corrected chi connectivity index (χ3v) is 4.38. The van der Waals surface area contributed by atoms with Gasteiger partial charge in [0.15, 0.2) is 5.69 Å². The normalized spacial score (nSPS) is 15.8. The Morgan fingerprint density at radius 2 is 2.08 bits per heavy atom. The van der Waals surface area contributed by atoms with Gasteiger partial charge in [0.1, 0.15) is 6.26 Å². The summed E-state index contributed by atoms with van der Waals surface area (Å²) >= 11 is 0. The van der Waals surface area contributed by atoms with Crippen LogP contribution in [0, 0.1) is 0 Å². The summed E-state index contributed by atoms with van der Waals surface area (Å²) in [5, 5.41) is 3.23. The zero-order valence-corrected chi connectivity index (χ0v) is 14.2. The summed E-state index contributed by atoms with van der Waals surface area (Å²) in [5.41, 5.74) is 0.177. The number of ether oxygens (including phenoxy) is 1. The molecule has 1 saturated heterocycles. The third-order valence-electron chi connectivity index (χ3n) is 4.38. The van der Waals surface area contributed by atoms with E-state index in [0.29, 0.717) is 0 Å². The summed E-state index contributed by atoms with van der Waals surface area (Å²) in [6, 6.07) is 3.61. The second kappa shape index (κ2) is 7.49. The fourth-order valence-corrected chi connectivity index (χ4v) is 3.10. The average molecular weight is 368 g/mol. The number of halogens is 3. The van der Waals surface area contributed by atoms with Crippen molar-refractivity contribution in [3.8, 4) is 11.5 Å². The number of hydrogen-bond donors (Lipinski definition) is 1. The molecule has 5 nitrogen and oxygen atoms in total. The lowest BCUT2D eigenvalue weighted by atomic mass is 9.86. The maximum absolute atomic E-state index is 13.2. The summed E-state index contributed by atoms with van der Waals surface area (Å²) in [6.45, 7) is 3.42. The predicted molar refractivity (Wildman–Crippen MR) is 87.7 cm³/mol. The van der Waals surface area contributed by atoms with Gasteiger partial charge in [-0.25, -0.2) is 9.78 Å². The lowest BCUT2D eigenvalue weighted by Gasteiger charge is -2.25. The number of alkyl halides is 3. The molecule has 0 radical (unpaired) electrons.